The van der Waals surface area contributed by atoms with Crippen LogP contribution in [-0.2, 0) is 6.42 Å². The summed E-state index contributed by atoms with van der Waals surface area (Å²) in [7, 11) is 1.84. The lowest BCUT2D eigenvalue weighted by Gasteiger charge is -2.18. The van der Waals surface area contributed by atoms with Crippen LogP contribution in [0.15, 0.2) is 47.0 Å². The number of carbonyl (C=O) groups is 1. The van der Waals surface area contributed by atoms with Crippen molar-refractivity contribution in [2.24, 2.45) is 0 Å². The molecular weight excluding hydrogens is 340 g/mol. The summed E-state index contributed by atoms with van der Waals surface area (Å²) in [6.07, 6.45) is 1.73. The van der Waals surface area contributed by atoms with Crippen molar-refractivity contribution in [3.63, 3.8) is 0 Å². The first-order valence-corrected chi connectivity index (χ1v) is 8.08. The molecule has 0 radical (unpaired) electrons. The van der Waals surface area contributed by atoms with Gasteiger partial charge >= 0.3 is 0 Å². The molecule has 2 aromatic heterocycles. The number of anilines is 2. The zero-order chi connectivity index (χ0) is 18.3. The highest BCUT2D eigenvalue weighted by atomic mass is 19.1. The van der Waals surface area contributed by atoms with Crippen LogP contribution in [0.5, 0.6) is 0 Å². The highest BCUT2D eigenvalue weighted by molar-refractivity contribution is 6.03. The molecule has 0 saturated carbocycles. The fourth-order valence-corrected chi connectivity index (χ4v) is 2.98. The van der Waals surface area contributed by atoms with Crippen molar-refractivity contribution < 1.29 is 18.0 Å². The Labute approximate surface area is 148 Å². The van der Waals surface area contributed by atoms with Crippen molar-refractivity contribution in [1.82, 2.24) is 4.98 Å². The summed E-state index contributed by atoms with van der Waals surface area (Å²) in [6.45, 7) is 0.624. The summed E-state index contributed by atoms with van der Waals surface area (Å²) < 4.78 is 33.0. The molecule has 0 bridgehead atoms. The normalized spacial score (nSPS) is 13.0. The monoisotopic (exact) mass is 355 g/mol. The summed E-state index contributed by atoms with van der Waals surface area (Å²) in [5.74, 6) is -1.04. The van der Waals surface area contributed by atoms with E-state index in [1.807, 2.05) is 11.9 Å². The number of furan rings is 1. The number of likely N-dealkylation sites (N-methyl/N-ethyl adjacent to an activating group) is 1. The molecule has 0 fully saturated rings. The zero-order valence-corrected chi connectivity index (χ0v) is 13.9. The fraction of sp³-hybridized carbons (Fsp3) is 0.158. The Bertz CT molecular complexity index is 1000. The van der Waals surface area contributed by atoms with E-state index in [1.54, 1.807) is 18.2 Å². The summed E-state index contributed by atoms with van der Waals surface area (Å²) in [5, 5.41) is 2.49. The molecule has 5 nitrogen and oxygen atoms in total. The van der Waals surface area contributed by atoms with Crippen LogP contribution in [0.1, 0.15) is 16.1 Å². The predicted octanol–water partition coefficient (Wildman–Crippen LogP) is 3.86. The molecule has 1 aliphatic rings. The van der Waals surface area contributed by atoms with Crippen molar-refractivity contribution in [2.75, 3.05) is 23.8 Å². The van der Waals surface area contributed by atoms with E-state index in [0.717, 1.165) is 11.8 Å². The SMILES string of the molecule is CN1CCc2cc(C(=O)Nc3ccccc3F)oc2-c2ncc(F)cc21. The molecule has 4 rings (SSSR count). The Morgan fingerprint density at radius 2 is 2.08 bits per heavy atom. The van der Waals surface area contributed by atoms with Crippen LogP contribution >= 0.6 is 0 Å². The van der Waals surface area contributed by atoms with Crippen molar-refractivity contribution in [2.45, 2.75) is 6.42 Å². The van der Waals surface area contributed by atoms with Gasteiger partial charge in [0.1, 0.15) is 17.3 Å². The van der Waals surface area contributed by atoms with Gasteiger partial charge in [0, 0.05) is 25.2 Å². The molecule has 0 unspecified atom stereocenters. The molecular formula is C19H15F2N3O2. The number of nitrogens with zero attached hydrogens (tertiary/aromatic N) is 2. The van der Waals surface area contributed by atoms with Crippen LogP contribution in [-0.4, -0.2) is 24.5 Å². The van der Waals surface area contributed by atoms with Gasteiger partial charge in [0.15, 0.2) is 11.5 Å². The quantitative estimate of drug-likeness (QED) is 0.758. The maximum Gasteiger partial charge on any atom is 0.291 e. The average Bonchev–Trinajstić information content (AvgIpc) is 3.01. The number of fused-ring (bicyclic) bond motifs is 3. The topological polar surface area (TPSA) is 58.4 Å². The third-order valence-electron chi connectivity index (χ3n) is 4.33. The van der Waals surface area contributed by atoms with Crippen LogP contribution in [0.2, 0.25) is 0 Å². The molecule has 0 spiro atoms. The number of hydrogen-bond donors (Lipinski definition) is 1. The molecule has 1 N–H and O–H groups in total. The Morgan fingerprint density at radius 1 is 1.27 bits per heavy atom. The van der Waals surface area contributed by atoms with E-state index in [-0.39, 0.29) is 11.4 Å². The van der Waals surface area contributed by atoms with Crippen LogP contribution in [0.4, 0.5) is 20.2 Å². The van der Waals surface area contributed by atoms with Gasteiger partial charge in [0.2, 0.25) is 0 Å². The Hall–Kier alpha value is -3.22. The van der Waals surface area contributed by atoms with E-state index in [4.69, 9.17) is 4.42 Å². The molecule has 3 aromatic rings. The first kappa shape index (κ1) is 16.3. The summed E-state index contributed by atoms with van der Waals surface area (Å²) in [6, 6.07) is 8.91. The molecule has 0 atom stereocenters. The lowest BCUT2D eigenvalue weighted by molar-refractivity contribution is 0.0997. The van der Waals surface area contributed by atoms with E-state index in [0.29, 0.717) is 30.1 Å². The first-order valence-electron chi connectivity index (χ1n) is 8.08. The number of benzene rings is 1. The third kappa shape index (κ3) is 2.81. The van der Waals surface area contributed by atoms with Crippen LogP contribution in [0.25, 0.3) is 11.5 Å². The smallest absolute Gasteiger partial charge is 0.291 e. The van der Waals surface area contributed by atoms with Crippen molar-refractivity contribution in [1.29, 1.82) is 0 Å². The Kier molecular flexibility index (Phi) is 3.91. The number of carbonyl (C=O) groups excluding carboxylic acids is 1. The lowest BCUT2D eigenvalue weighted by atomic mass is 10.1. The molecule has 3 heterocycles. The molecule has 1 aliphatic heterocycles. The summed E-state index contributed by atoms with van der Waals surface area (Å²) >= 11 is 0. The van der Waals surface area contributed by atoms with E-state index >= 15 is 0 Å². The molecule has 26 heavy (non-hydrogen) atoms. The van der Waals surface area contributed by atoms with Gasteiger partial charge in [-0.3, -0.25) is 4.79 Å². The number of para-hydroxylation sites is 1. The van der Waals surface area contributed by atoms with Gasteiger partial charge in [-0.05, 0) is 24.6 Å². The standard InChI is InChI=1S/C19H15F2N3O2/c1-24-7-6-11-8-16(19(25)23-14-5-3-2-4-13(14)21)26-18(11)17-15(24)9-12(20)10-22-17/h2-5,8-10H,6-7H2,1H3,(H,23,25). The predicted molar refractivity (Wildman–Crippen MR) is 93.2 cm³/mol. The maximum absolute atomic E-state index is 13.7. The highest BCUT2D eigenvalue weighted by Crippen LogP contribution is 2.36. The third-order valence-corrected chi connectivity index (χ3v) is 4.33. The van der Waals surface area contributed by atoms with Gasteiger partial charge in [-0.15, -0.1) is 0 Å². The Morgan fingerprint density at radius 3 is 2.88 bits per heavy atom. The molecule has 132 valence electrons. The van der Waals surface area contributed by atoms with E-state index in [9.17, 15) is 13.6 Å². The molecule has 1 aromatic carbocycles. The van der Waals surface area contributed by atoms with Gasteiger partial charge in [-0.1, -0.05) is 12.1 Å². The minimum atomic E-state index is -0.555. The van der Waals surface area contributed by atoms with Gasteiger partial charge < -0.3 is 14.6 Å². The zero-order valence-electron chi connectivity index (χ0n) is 13.9. The molecule has 1 amide bonds. The van der Waals surface area contributed by atoms with Gasteiger partial charge in [0.05, 0.1) is 17.6 Å². The number of pyridine rings is 1. The van der Waals surface area contributed by atoms with E-state index in [1.165, 1.54) is 18.2 Å². The fourth-order valence-electron chi connectivity index (χ4n) is 2.98. The Balaban J connectivity index is 1.71. The van der Waals surface area contributed by atoms with Gasteiger partial charge in [-0.25, -0.2) is 13.8 Å². The number of halogens is 2. The molecule has 0 saturated heterocycles. The highest BCUT2D eigenvalue weighted by Gasteiger charge is 2.26. The van der Waals surface area contributed by atoms with E-state index in [2.05, 4.69) is 10.3 Å². The largest absolute Gasteiger partial charge is 0.449 e. The number of hydrogen-bond acceptors (Lipinski definition) is 4. The number of amides is 1. The second kappa shape index (κ2) is 6.25. The van der Waals surface area contributed by atoms with Gasteiger partial charge in [-0.2, -0.15) is 0 Å². The number of rotatable bonds is 2. The van der Waals surface area contributed by atoms with E-state index < -0.39 is 17.5 Å². The number of aromatic nitrogens is 1. The minimum Gasteiger partial charge on any atom is -0.449 e. The second-order valence-electron chi connectivity index (χ2n) is 6.09. The molecule has 0 aliphatic carbocycles. The van der Waals surface area contributed by atoms with Crippen molar-refractivity contribution >= 4 is 17.3 Å². The minimum absolute atomic E-state index is 0.0554. The van der Waals surface area contributed by atoms with Crippen LogP contribution < -0.4 is 10.2 Å². The average molecular weight is 355 g/mol. The summed E-state index contributed by atoms with van der Waals surface area (Å²) in [4.78, 5) is 18.5. The number of nitrogens with one attached hydrogen (secondary N) is 1. The summed E-state index contributed by atoms with van der Waals surface area (Å²) in [5.41, 5.74) is 1.95. The van der Waals surface area contributed by atoms with Crippen molar-refractivity contribution in [3.05, 3.63) is 65.6 Å². The first-order chi connectivity index (χ1) is 12.5. The molecule has 7 heteroatoms. The lowest BCUT2D eigenvalue weighted by Crippen LogP contribution is -2.19. The van der Waals surface area contributed by atoms with Crippen molar-refractivity contribution in [3.8, 4) is 11.5 Å². The van der Waals surface area contributed by atoms with Gasteiger partial charge in [0.25, 0.3) is 5.91 Å². The second-order valence-corrected chi connectivity index (χ2v) is 6.09. The van der Waals surface area contributed by atoms with Crippen LogP contribution in [0.3, 0.4) is 0 Å². The van der Waals surface area contributed by atoms with Crippen LogP contribution in [0, 0.1) is 11.6 Å². The maximum atomic E-state index is 13.7.